The SMILES string of the molecule is CCc1nc(C(=N)N)cs1. The lowest BCUT2D eigenvalue weighted by Gasteiger charge is -1.86. The van der Waals surface area contributed by atoms with Crippen LogP contribution in [0.4, 0.5) is 0 Å². The van der Waals surface area contributed by atoms with Gasteiger partial charge in [0.2, 0.25) is 0 Å². The van der Waals surface area contributed by atoms with Gasteiger partial charge in [-0.25, -0.2) is 4.98 Å². The summed E-state index contributed by atoms with van der Waals surface area (Å²) in [5.41, 5.74) is 5.81. The maximum absolute atomic E-state index is 7.05. The Balaban J connectivity index is 2.88. The molecule has 0 aliphatic carbocycles. The van der Waals surface area contributed by atoms with Gasteiger partial charge in [0, 0.05) is 5.38 Å². The zero-order valence-corrected chi connectivity index (χ0v) is 6.53. The molecule has 0 aliphatic heterocycles. The number of hydrogen-bond donors (Lipinski definition) is 2. The number of nitrogen functional groups attached to an aromatic ring is 1. The lowest BCUT2D eigenvalue weighted by molar-refractivity contribution is 1.08. The normalized spacial score (nSPS) is 9.70. The van der Waals surface area contributed by atoms with Crippen molar-refractivity contribution in [2.45, 2.75) is 13.3 Å². The Kier molecular flexibility index (Phi) is 2.01. The molecule has 1 rings (SSSR count). The lowest BCUT2D eigenvalue weighted by atomic mass is 10.4. The van der Waals surface area contributed by atoms with Gasteiger partial charge < -0.3 is 5.73 Å². The number of nitrogens with zero attached hydrogens (tertiary/aromatic N) is 1. The van der Waals surface area contributed by atoms with Crippen LogP contribution in [-0.2, 0) is 6.42 Å². The second kappa shape index (κ2) is 2.79. The first-order valence-corrected chi connectivity index (χ1v) is 3.90. The number of aryl methyl sites for hydroxylation is 1. The molecule has 1 aromatic heterocycles. The van der Waals surface area contributed by atoms with Crippen LogP contribution in [0.5, 0.6) is 0 Å². The third kappa shape index (κ3) is 1.33. The topological polar surface area (TPSA) is 62.8 Å². The zero-order valence-electron chi connectivity index (χ0n) is 5.72. The van der Waals surface area contributed by atoms with Crippen molar-refractivity contribution < 1.29 is 0 Å². The Labute approximate surface area is 63.4 Å². The van der Waals surface area contributed by atoms with Gasteiger partial charge in [-0.15, -0.1) is 11.3 Å². The van der Waals surface area contributed by atoms with Crippen molar-refractivity contribution >= 4 is 17.2 Å². The summed E-state index contributed by atoms with van der Waals surface area (Å²) in [7, 11) is 0. The molecule has 0 saturated heterocycles. The summed E-state index contributed by atoms with van der Waals surface area (Å²) in [6.45, 7) is 2.03. The number of nitrogens with two attached hydrogens (primary N) is 1. The summed E-state index contributed by atoms with van der Waals surface area (Å²) in [6.07, 6.45) is 0.915. The quantitative estimate of drug-likeness (QED) is 0.494. The summed E-state index contributed by atoms with van der Waals surface area (Å²) in [5, 5.41) is 9.89. The molecule has 3 N–H and O–H groups in total. The fourth-order valence-electron chi connectivity index (χ4n) is 0.597. The van der Waals surface area contributed by atoms with E-state index in [9.17, 15) is 0 Å². The van der Waals surface area contributed by atoms with Crippen molar-refractivity contribution in [2.24, 2.45) is 5.73 Å². The van der Waals surface area contributed by atoms with Crippen LogP contribution in [0.25, 0.3) is 0 Å². The molecule has 0 aliphatic rings. The molecule has 4 heteroatoms. The summed E-state index contributed by atoms with van der Waals surface area (Å²) >= 11 is 1.55. The maximum Gasteiger partial charge on any atom is 0.142 e. The van der Waals surface area contributed by atoms with Crippen molar-refractivity contribution in [1.29, 1.82) is 5.41 Å². The van der Waals surface area contributed by atoms with Crippen LogP contribution < -0.4 is 5.73 Å². The van der Waals surface area contributed by atoms with Crippen LogP contribution in [0.2, 0.25) is 0 Å². The van der Waals surface area contributed by atoms with Crippen molar-refractivity contribution in [3.63, 3.8) is 0 Å². The first kappa shape index (κ1) is 7.21. The van der Waals surface area contributed by atoms with Crippen molar-refractivity contribution in [3.05, 3.63) is 16.1 Å². The lowest BCUT2D eigenvalue weighted by Crippen LogP contribution is -2.11. The highest BCUT2D eigenvalue weighted by Gasteiger charge is 2.00. The summed E-state index contributed by atoms with van der Waals surface area (Å²) in [6, 6.07) is 0. The standard InChI is InChI=1S/C6H9N3S/c1-2-5-9-4(3-10-5)6(7)8/h3H,2H2,1H3,(H3,7,8). The smallest absolute Gasteiger partial charge is 0.142 e. The second-order valence-corrected chi connectivity index (χ2v) is 2.84. The van der Waals surface area contributed by atoms with Crippen molar-refractivity contribution in [3.8, 4) is 0 Å². The summed E-state index contributed by atoms with van der Waals surface area (Å²) in [4.78, 5) is 4.10. The van der Waals surface area contributed by atoms with Gasteiger partial charge in [-0.1, -0.05) is 6.92 Å². The van der Waals surface area contributed by atoms with Gasteiger partial charge in [0.1, 0.15) is 11.5 Å². The third-order valence-corrected chi connectivity index (χ3v) is 2.12. The Bertz CT molecular complexity index is 241. The zero-order chi connectivity index (χ0) is 7.56. The molecular formula is C6H9N3S. The third-order valence-electron chi connectivity index (χ3n) is 1.13. The van der Waals surface area contributed by atoms with Gasteiger partial charge in [0.15, 0.2) is 0 Å². The first-order valence-electron chi connectivity index (χ1n) is 3.03. The van der Waals surface area contributed by atoms with E-state index in [1.165, 1.54) is 0 Å². The molecule has 0 atom stereocenters. The minimum Gasteiger partial charge on any atom is -0.382 e. The maximum atomic E-state index is 7.05. The molecule has 0 fully saturated rings. The highest BCUT2D eigenvalue weighted by Crippen LogP contribution is 2.08. The monoisotopic (exact) mass is 155 g/mol. The molecular weight excluding hydrogens is 146 g/mol. The fraction of sp³-hybridized carbons (Fsp3) is 0.333. The predicted molar refractivity (Wildman–Crippen MR) is 42.5 cm³/mol. The molecule has 0 radical (unpaired) electrons. The fourth-order valence-corrected chi connectivity index (χ4v) is 1.34. The van der Waals surface area contributed by atoms with Gasteiger partial charge in [0.05, 0.1) is 5.01 Å². The highest BCUT2D eigenvalue weighted by atomic mass is 32.1. The minimum absolute atomic E-state index is 0.0518. The summed E-state index contributed by atoms with van der Waals surface area (Å²) < 4.78 is 0. The summed E-state index contributed by atoms with van der Waals surface area (Å²) in [5.74, 6) is 0.0518. The number of aromatic nitrogens is 1. The molecule has 1 heterocycles. The van der Waals surface area contributed by atoms with Crippen molar-refractivity contribution in [1.82, 2.24) is 4.98 Å². The Morgan fingerprint density at radius 2 is 2.60 bits per heavy atom. The van der Waals surface area contributed by atoms with E-state index in [-0.39, 0.29) is 5.84 Å². The van der Waals surface area contributed by atoms with Gasteiger partial charge in [-0.3, -0.25) is 5.41 Å². The van der Waals surface area contributed by atoms with E-state index in [4.69, 9.17) is 11.1 Å². The van der Waals surface area contributed by atoms with E-state index >= 15 is 0 Å². The van der Waals surface area contributed by atoms with Crippen LogP contribution >= 0.6 is 11.3 Å². The average Bonchev–Trinajstić information content (AvgIpc) is 2.34. The number of thiazole rings is 1. The number of nitrogens with one attached hydrogen (secondary N) is 1. The molecule has 0 saturated carbocycles. The van der Waals surface area contributed by atoms with E-state index in [2.05, 4.69) is 4.98 Å². The number of hydrogen-bond acceptors (Lipinski definition) is 3. The molecule has 1 aromatic rings. The van der Waals surface area contributed by atoms with Gasteiger partial charge >= 0.3 is 0 Å². The average molecular weight is 155 g/mol. The van der Waals surface area contributed by atoms with Gasteiger partial charge in [0.25, 0.3) is 0 Å². The van der Waals surface area contributed by atoms with Gasteiger partial charge in [-0.05, 0) is 6.42 Å². The molecule has 0 unspecified atom stereocenters. The minimum atomic E-state index is 0.0518. The molecule has 0 amide bonds. The van der Waals surface area contributed by atoms with E-state index in [1.807, 2.05) is 6.92 Å². The second-order valence-electron chi connectivity index (χ2n) is 1.89. The largest absolute Gasteiger partial charge is 0.382 e. The Morgan fingerprint density at radius 1 is 1.90 bits per heavy atom. The number of amidine groups is 1. The van der Waals surface area contributed by atoms with Gasteiger partial charge in [-0.2, -0.15) is 0 Å². The molecule has 0 spiro atoms. The first-order chi connectivity index (χ1) is 4.74. The van der Waals surface area contributed by atoms with Crippen LogP contribution in [0, 0.1) is 5.41 Å². The molecule has 0 bridgehead atoms. The Morgan fingerprint density at radius 3 is 2.90 bits per heavy atom. The molecule has 10 heavy (non-hydrogen) atoms. The highest BCUT2D eigenvalue weighted by molar-refractivity contribution is 7.09. The van der Waals surface area contributed by atoms with E-state index in [0.29, 0.717) is 5.69 Å². The van der Waals surface area contributed by atoms with E-state index in [1.54, 1.807) is 16.7 Å². The van der Waals surface area contributed by atoms with Crippen LogP contribution in [-0.4, -0.2) is 10.8 Å². The Hall–Kier alpha value is -0.900. The van der Waals surface area contributed by atoms with E-state index in [0.717, 1.165) is 11.4 Å². The van der Waals surface area contributed by atoms with Crippen molar-refractivity contribution in [2.75, 3.05) is 0 Å². The van der Waals surface area contributed by atoms with Crippen LogP contribution in [0.15, 0.2) is 5.38 Å². The number of rotatable bonds is 2. The predicted octanol–water partition coefficient (Wildman–Crippen LogP) is 0.990. The molecule has 3 nitrogen and oxygen atoms in total. The molecule has 0 aromatic carbocycles. The van der Waals surface area contributed by atoms with Crippen LogP contribution in [0.1, 0.15) is 17.6 Å². The van der Waals surface area contributed by atoms with Crippen LogP contribution in [0.3, 0.4) is 0 Å². The molecule has 54 valence electrons. The van der Waals surface area contributed by atoms with E-state index < -0.39 is 0 Å².